The lowest BCUT2D eigenvalue weighted by molar-refractivity contribution is -0.127. The number of benzene rings is 1. The van der Waals surface area contributed by atoms with Crippen molar-refractivity contribution in [3.8, 4) is 5.75 Å². The van der Waals surface area contributed by atoms with Gasteiger partial charge in [0, 0.05) is 37.8 Å². The second-order valence-corrected chi connectivity index (χ2v) is 10.7. The van der Waals surface area contributed by atoms with E-state index in [9.17, 15) is 13.2 Å². The fraction of sp³-hybridized carbons (Fsp3) is 0.316. The van der Waals surface area contributed by atoms with Crippen LogP contribution in [0.1, 0.15) is 12.5 Å². The minimum atomic E-state index is -3.51. The molecule has 0 spiro atoms. The molecular formula is C19H21BrN2O4S2. The number of para-hydroxylation sites is 1. The van der Waals surface area contributed by atoms with Crippen molar-refractivity contribution >= 4 is 49.3 Å². The number of rotatable bonds is 6. The van der Waals surface area contributed by atoms with Crippen LogP contribution in [0.15, 0.2) is 50.5 Å². The number of ether oxygens (including phenoxy) is 1. The Kier molecular flexibility index (Phi) is 6.92. The molecule has 9 heteroatoms. The first-order valence-electron chi connectivity index (χ1n) is 8.86. The van der Waals surface area contributed by atoms with E-state index < -0.39 is 10.0 Å². The largest absolute Gasteiger partial charge is 0.493 e. The fourth-order valence-corrected chi connectivity index (χ4v) is 6.47. The van der Waals surface area contributed by atoms with Crippen LogP contribution >= 0.6 is 27.3 Å². The molecule has 1 saturated heterocycles. The first-order chi connectivity index (χ1) is 13.4. The maximum Gasteiger partial charge on any atom is 0.252 e. The van der Waals surface area contributed by atoms with E-state index in [0.29, 0.717) is 23.9 Å². The number of carbonyl (C=O) groups is 1. The third-order valence-electron chi connectivity index (χ3n) is 4.32. The van der Waals surface area contributed by atoms with Crippen LogP contribution in [0, 0.1) is 0 Å². The normalized spacial score (nSPS) is 15.9. The Morgan fingerprint density at radius 1 is 1.18 bits per heavy atom. The Labute approximate surface area is 177 Å². The van der Waals surface area contributed by atoms with Crippen LogP contribution in [0.4, 0.5) is 0 Å². The number of thiophene rings is 1. The highest BCUT2D eigenvalue weighted by Gasteiger charge is 2.30. The smallest absolute Gasteiger partial charge is 0.252 e. The summed E-state index contributed by atoms with van der Waals surface area (Å²) in [5.41, 5.74) is 0.835. The fourth-order valence-electron chi connectivity index (χ4n) is 2.88. The summed E-state index contributed by atoms with van der Waals surface area (Å²) in [6, 6.07) is 10.8. The third-order valence-corrected chi connectivity index (χ3v) is 8.31. The molecule has 1 aromatic carbocycles. The molecule has 0 saturated carbocycles. The highest BCUT2D eigenvalue weighted by Crippen LogP contribution is 2.29. The van der Waals surface area contributed by atoms with Gasteiger partial charge in [0.2, 0.25) is 5.91 Å². The topological polar surface area (TPSA) is 66.9 Å². The van der Waals surface area contributed by atoms with E-state index in [-0.39, 0.29) is 19.0 Å². The van der Waals surface area contributed by atoms with Gasteiger partial charge < -0.3 is 9.64 Å². The molecule has 0 bridgehead atoms. The van der Waals surface area contributed by atoms with E-state index in [1.54, 1.807) is 23.1 Å². The standard InChI is InChI=1S/C19H21BrN2O4S2/c1-2-26-16-6-4-3-5-15(16)7-9-18(23)21-11-13-22(14-12-21)28(24,25)19-10-8-17(20)27-19/h3-10H,2,11-14H2,1H3. The summed E-state index contributed by atoms with van der Waals surface area (Å²) in [4.78, 5) is 14.2. The molecule has 1 amide bonds. The lowest BCUT2D eigenvalue weighted by atomic mass is 10.2. The molecule has 28 heavy (non-hydrogen) atoms. The number of carbonyl (C=O) groups excluding carboxylic acids is 1. The van der Waals surface area contributed by atoms with Gasteiger partial charge in [0.25, 0.3) is 10.0 Å². The van der Waals surface area contributed by atoms with Crippen LogP contribution in [-0.2, 0) is 14.8 Å². The van der Waals surface area contributed by atoms with Crippen LogP contribution in [-0.4, -0.2) is 56.3 Å². The predicted octanol–water partition coefficient (Wildman–Crippen LogP) is 3.46. The second-order valence-electron chi connectivity index (χ2n) is 6.09. The summed E-state index contributed by atoms with van der Waals surface area (Å²) >= 11 is 4.48. The summed E-state index contributed by atoms with van der Waals surface area (Å²) in [6.45, 7) is 3.76. The van der Waals surface area contributed by atoms with Crippen molar-refractivity contribution in [1.29, 1.82) is 0 Å². The molecule has 0 unspecified atom stereocenters. The van der Waals surface area contributed by atoms with E-state index >= 15 is 0 Å². The number of piperazine rings is 1. The van der Waals surface area contributed by atoms with E-state index in [4.69, 9.17) is 4.74 Å². The predicted molar refractivity (Wildman–Crippen MR) is 114 cm³/mol. The minimum Gasteiger partial charge on any atom is -0.493 e. The first-order valence-corrected chi connectivity index (χ1v) is 11.9. The molecule has 3 rings (SSSR count). The number of amides is 1. The summed E-state index contributed by atoms with van der Waals surface area (Å²) < 4.78 is 33.4. The summed E-state index contributed by atoms with van der Waals surface area (Å²) in [5, 5.41) is 0. The SMILES string of the molecule is CCOc1ccccc1C=CC(=O)N1CCN(S(=O)(=O)c2ccc(Br)s2)CC1. The van der Waals surface area contributed by atoms with Gasteiger partial charge in [-0.1, -0.05) is 18.2 Å². The second kappa shape index (κ2) is 9.21. The van der Waals surface area contributed by atoms with Crippen molar-refractivity contribution in [2.24, 2.45) is 0 Å². The lowest BCUT2D eigenvalue weighted by Crippen LogP contribution is -2.50. The van der Waals surface area contributed by atoms with Gasteiger partial charge in [-0.05, 0) is 47.1 Å². The maximum atomic E-state index is 12.7. The molecule has 0 radical (unpaired) electrons. The monoisotopic (exact) mass is 484 g/mol. The molecule has 2 heterocycles. The van der Waals surface area contributed by atoms with Gasteiger partial charge in [-0.25, -0.2) is 8.42 Å². The molecule has 0 aliphatic carbocycles. The van der Waals surface area contributed by atoms with Crippen molar-refractivity contribution in [3.63, 3.8) is 0 Å². The summed E-state index contributed by atoms with van der Waals surface area (Å²) in [5.74, 6) is 0.592. The van der Waals surface area contributed by atoms with E-state index in [1.807, 2.05) is 31.2 Å². The van der Waals surface area contributed by atoms with Gasteiger partial charge in [-0.15, -0.1) is 11.3 Å². The maximum absolute atomic E-state index is 12.7. The van der Waals surface area contributed by atoms with E-state index in [1.165, 1.54) is 21.7 Å². The Hall–Kier alpha value is -1.68. The molecule has 1 aliphatic rings. The van der Waals surface area contributed by atoms with Crippen LogP contribution in [0.5, 0.6) is 5.75 Å². The molecule has 150 valence electrons. The highest BCUT2D eigenvalue weighted by atomic mass is 79.9. The molecule has 1 aliphatic heterocycles. The highest BCUT2D eigenvalue weighted by molar-refractivity contribution is 9.11. The van der Waals surface area contributed by atoms with Crippen LogP contribution in [0.2, 0.25) is 0 Å². The van der Waals surface area contributed by atoms with Crippen molar-refractivity contribution in [1.82, 2.24) is 9.21 Å². The zero-order valence-electron chi connectivity index (χ0n) is 15.4. The summed E-state index contributed by atoms with van der Waals surface area (Å²) in [6.07, 6.45) is 3.25. The average Bonchev–Trinajstić information content (AvgIpc) is 3.14. The van der Waals surface area contributed by atoms with Gasteiger partial charge in [0.1, 0.15) is 9.96 Å². The molecule has 1 fully saturated rings. The Balaban J connectivity index is 1.61. The number of sulfonamides is 1. The molecule has 0 atom stereocenters. The van der Waals surface area contributed by atoms with Crippen LogP contribution < -0.4 is 4.74 Å². The summed E-state index contributed by atoms with van der Waals surface area (Å²) in [7, 11) is -3.51. The number of halogens is 1. The van der Waals surface area contributed by atoms with Crippen molar-refractivity contribution in [2.75, 3.05) is 32.8 Å². The Morgan fingerprint density at radius 3 is 2.54 bits per heavy atom. The lowest BCUT2D eigenvalue weighted by Gasteiger charge is -2.33. The molecule has 1 aromatic heterocycles. The van der Waals surface area contributed by atoms with Gasteiger partial charge in [0.15, 0.2) is 0 Å². The van der Waals surface area contributed by atoms with Gasteiger partial charge in [-0.2, -0.15) is 4.31 Å². The molecular weight excluding hydrogens is 464 g/mol. The first kappa shape index (κ1) is 21.0. The molecule has 6 nitrogen and oxygen atoms in total. The van der Waals surface area contributed by atoms with E-state index in [0.717, 1.165) is 15.1 Å². The van der Waals surface area contributed by atoms with E-state index in [2.05, 4.69) is 15.9 Å². The van der Waals surface area contributed by atoms with Gasteiger partial charge in [-0.3, -0.25) is 4.79 Å². The van der Waals surface area contributed by atoms with Crippen molar-refractivity contribution < 1.29 is 17.9 Å². The quantitative estimate of drug-likeness (QED) is 0.588. The third kappa shape index (κ3) is 4.83. The van der Waals surface area contributed by atoms with Crippen LogP contribution in [0.3, 0.4) is 0 Å². The zero-order valence-corrected chi connectivity index (χ0v) is 18.6. The van der Waals surface area contributed by atoms with Crippen molar-refractivity contribution in [3.05, 3.63) is 51.8 Å². The molecule has 0 N–H and O–H groups in total. The number of hydrogen-bond donors (Lipinski definition) is 0. The zero-order chi connectivity index (χ0) is 20.1. The van der Waals surface area contributed by atoms with Gasteiger partial charge in [0.05, 0.1) is 10.4 Å². The van der Waals surface area contributed by atoms with Crippen molar-refractivity contribution in [2.45, 2.75) is 11.1 Å². The number of hydrogen-bond acceptors (Lipinski definition) is 5. The van der Waals surface area contributed by atoms with Crippen LogP contribution in [0.25, 0.3) is 6.08 Å². The Morgan fingerprint density at radius 2 is 1.89 bits per heavy atom. The minimum absolute atomic E-state index is 0.137. The van der Waals surface area contributed by atoms with Gasteiger partial charge >= 0.3 is 0 Å². The Bertz CT molecular complexity index is 964. The number of nitrogens with zero attached hydrogens (tertiary/aromatic N) is 2. The molecule has 2 aromatic rings. The average molecular weight is 485 g/mol.